The Morgan fingerprint density at radius 1 is 1.27 bits per heavy atom. The molecular formula is C15H13ClF3N3. The third-order valence-electron chi connectivity index (χ3n) is 3.68. The average Bonchev–Trinajstić information content (AvgIpc) is 2.73. The summed E-state index contributed by atoms with van der Waals surface area (Å²) in [5.41, 5.74) is 0.797. The molecule has 2 aromatic rings. The monoisotopic (exact) mass is 327 g/mol. The quantitative estimate of drug-likeness (QED) is 0.837. The van der Waals surface area contributed by atoms with E-state index in [1.165, 1.54) is 18.3 Å². The fourth-order valence-corrected chi connectivity index (χ4v) is 2.71. The van der Waals surface area contributed by atoms with Crippen molar-refractivity contribution >= 4 is 17.4 Å². The molecule has 0 radical (unpaired) electrons. The van der Waals surface area contributed by atoms with Gasteiger partial charge in [0, 0.05) is 17.5 Å². The van der Waals surface area contributed by atoms with Crippen molar-refractivity contribution in [2.24, 2.45) is 0 Å². The van der Waals surface area contributed by atoms with Crippen LogP contribution in [0.4, 0.5) is 19.0 Å². The lowest BCUT2D eigenvalue weighted by atomic mass is 9.92. The smallest absolute Gasteiger partial charge is 0.368 e. The first-order valence-corrected chi connectivity index (χ1v) is 7.05. The van der Waals surface area contributed by atoms with E-state index in [0.29, 0.717) is 17.1 Å². The predicted molar refractivity (Wildman–Crippen MR) is 79.0 cm³/mol. The van der Waals surface area contributed by atoms with E-state index < -0.39 is 11.7 Å². The molecule has 3 nitrogen and oxygen atoms in total. The van der Waals surface area contributed by atoms with Gasteiger partial charge in [0.05, 0.1) is 28.2 Å². The Labute approximate surface area is 130 Å². The third kappa shape index (κ3) is 2.52. The Morgan fingerprint density at radius 3 is 2.64 bits per heavy atom. The van der Waals surface area contributed by atoms with E-state index >= 15 is 0 Å². The molecule has 22 heavy (non-hydrogen) atoms. The summed E-state index contributed by atoms with van der Waals surface area (Å²) in [6, 6.07) is 3.60. The number of nitrogens with one attached hydrogen (secondary N) is 1. The molecule has 116 valence electrons. The first kappa shape index (κ1) is 15.1. The topological polar surface area (TPSA) is 37.8 Å². The maximum Gasteiger partial charge on any atom is 0.417 e. The summed E-state index contributed by atoms with van der Waals surface area (Å²) >= 11 is 5.76. The van der Waals surface area contributed by atoms with Crippen LogP contribution in [0.15, 0.2) is 24.4 Å². The van der Waals surface area contributed by atoms with Crippen molar-refractivity contribution in [3.63, 3.8) is 0 Å². The van der Waals surface area contributed by atoms with Crippen LogP contribution in [0, 0.1) is 0 Å². The summed E-state index contributed by atoms with van der Waals surface area (Å²) in [6.45, 7) is 4.79. The van der Waals surface area contributed by atoms with E-state index in [4.69, 9.17) is 11.6 Å². The zero-order valence-electron chi connectivity index (χ0n) is 11.9. The van der Waals surface area contributed by atoms with Gasteiger partial charge in [-0.25, -0.2) is 9.97 Å². The minimum absolute atomic E-state index is 0.173. The molecule has 0 aliphatic carbocycles. The minimum atomic E-state index is -4.47. The molecule has 0 fully saturated rings. The second-order valence-electron chi connectivity index (χ2n) is 5.88. The molecule has 2 heterocycles. The summed E-state index contributed by atoms with van der Waals surface area (Å²) in [7, 11) is 0. The van der Waals surface area contributed by atoms with Crippen LogP contribution in [0.5, 0.6) is 0 Å². The van der Waals surface area contributed by atoms with E-state index in [9.17, 15) is 13.2 Å². The molecule has 0 saturated heterocycles. The molecule has 1 aromatic carbocycles. The van der Waals surface area contributed by atoms with E-state index in [1.807, 2.05) is 13.8 Å². The number of alkyl halides is 3. The summed E-state index contributed by atoms with van der Waals surface area (Å²) < 4.78 is 38.2. The summed E-state index contributed by atoms with van der Waals surface area (Å²) in [5, 5.41) is 2.82. The molecule has 0 saturated carbocycles. The second-order valence-corrected chi connectivity index (χ2v) is 6.29. The normalized spacial score (nSPS) is 16.3. The van der Waals surface area contributed by atoms with Crippen molar-refractivity contribution in [1.29, 1.82) is 0 Å². The third-order valence-corrected chi connectivity index (χ3v) is 3.99. The second kappa shape index (κ2) is 4.84. The van der Waals surface area contributed by atoms with Gasteiger partial charge in [-0.05, 0) is 12.1 Å². The van der Waals surface area contributed by atoms with Gasteiger partial charge in [-0.15, -0.1) is 0 Å². The summed E-state index contributed by atoms with van der Waals surface area (Å²) in [6.07, 6.45) is -2.93. The van der Waals surface area contributed by atoms with Gasteiger partial charge in [0.1, 0.15) is 5.82 Å². The van der Waals surface area contributed by atoms with Crippen LogP contribution in [-0.4, -0.2) is 16.5 Å². The van der Waals surface area contributed by atoms with Crippen LogP contribution >= 0.6 is 11.6 Å². The van der Waals surface area contributed by atoms with Crippen molar-refractivity contribution in [3.8, 4) is 11.3 Å². The average molecular weight is 328 g/mol. The van der Waals surface area contributed by atoms with E-state index in [2.05, 4.69) is 15.3 Å². The molecule has 0 spiro atoms. The van der Waals surface area contributed by atoms with Crippen molar-refractivity contribution < 1.29 is 13.2 Å². The van der Waals surface area contributed by atoms with Crippen LogP contribution in [0.2, 0.25) is 5.02 Å². The van der Waals surface area contributed by atoms with Gasteiger partial charge >= 0.3 is 6.18 Å². The van der Waals surface area contributed by atoms with Crippen LogP contribution in [-0.2, 0) is 11.6 Å². The molecule has 0 bridgehead atoms. The minimum Gasteiger partial charge on any atom is -0.368 e. The molecule has 7 heteroatoms. The fourth-order valence-electron chi connectivity index (χ4n) is 2.42. The highest BCUT2D eigenvalue weighted by atomic mass is 35.5. The van der Waals surface area contributed by atoms with Gasteiger partial charge in [0.15, 0.2) is 0 Å². The van der Waals surface area contributed by atoms with Gasteiger partial charge in [-0.1, -0.05) is 31.5 Å². The van der Waals surface area contributed by atoms with E-state index in [1.54, 1.807) is 0 Å². The maximum absolute atomic E-state index is 12.7. The zero-order chi connectivity index (χ0) is 16.1. The largest absolute Gasteiger partial charge is 0.417 e. The van der Waals surface area contributed by atoms with Gasteiger partial charge in [-0.2, -0.15) is 13.2 Å². The number of hydrogen-bond acceptors (Lipinski definition) is 3. The number of aromatic nitrogens is 2. The Kier molecular flexibility index (Phi) is 3.32. The molecule has 1 aliphatic heterocycles. The number of anilines is 1. The van der Waals surface area contributed by atoms with Crippen LogP contribution in [0.3, 0.4) is 0 Å². The van der Waals surface area contributed by atoms with Gasteiger partial charge in [-0.3, -0.25) is 0 Å². The lowest BCUT2D eigenvalue weighted by molar-refractivity contribution is -0.137. The van der Waals surface area contributed by atoms with Gasteiger partial charge < -0.3 is 5.32 Å². The Balaban J connectivity index is 2.05. The highest BCUT2D eigenvalue weighted by Crippen LogP contribution is 2.38. The van der Waals surface area contributed by atoms with Crippen LogP contribution < -0.4 is 5.32 Å². The van der Waals surface area contributed by atoms with Crippen molar-refractivity contribution in [1.82, 2.24) is 9.97 Å². The standard InChI is InChI=1S/C15H13ClF3N3/c1-14(2)7-21-13-12(14)22-11(6-20-13)8-3-4-9(10(16)5-8)15(17,18)19/h3-6H,7H2,1-2H3,(H,20,21). The molecular weight excluding hydrogens is 315 g/mol. The number of hydrogen-bond donors (Lipinski definition) is 1. The van der Waals surface area contributed by atoms with Crippen LogP contribution in [0.25, 0.3) is 11.3 Å². The van der Waals surface area contributed by atoms with Crippen molar-refractivity contribution in [2.45, 2.75) is 25.4 Å². The zero-order valence-corrected chi connectivity index (χ0v) is 12.7. The Morgan fingerprint density at radius 2 is 2.00 bits per heavy atom. The lowest BCUT2D eigenvalue weighted by Gasteiger charge is -2.16. The number of halogens is 4. The molecule has 0 atom stereocenters. The number of benzene rings is 1. The number of fused-ring (bicyclic) bond motifs is 1. The lowest BCUT2D eigenvalue weighted by Crippen LogP contribution is -2.20. The highest BCUT2D eigenvalue weighted by molar-refractivity contribution is 6.31. The van der Waals surface area contributed by atoms with E-state index in [0.717, 1.165) is 18.3 Å². The number of rotatable bonds is 1. The van der Waals surface area contributed by atoms with Crippen molar-refractivity contribution in [2.75, 3.05) is 11.9 Å². The summed E-state index contributed by atoms with van der Waals surface area (Å²) in [4.78, 5) is 8.84. The SMILES string of the molecule is CC1(C)CNc2ncc(-c3ccc(C(F)(F)F)c(Cl)c3)nc21. The first-order chi connectivity index (χ1) is 10.2. The van der Waals surface area contributed by atoms with Crippen molar-refractivity contribution in [3.05, 3.63) is 40.7 Å². The highest BCUT2D eigenvalue weighted by Gasteiger charge is 2.34. The first-order valence-electron chi connectivity index (χ1n) is 6.67. The number of nitrogens with zero attached hydrogens (tertiary/aromatic N) is 2. The van der Waals surface area contributed by atoms with Gasteiger partial charge in [0.2, 0.25) is 0 Å². The Hall–Kier alpha value is -1.82. The molecule has 1 aliphatic rings. The predicted octanol–water partition coefficient (Wildman–Crippen LogP) is 4.52. The molecule has 3 rings (SSSR count). The maximum atomic E-state index is 12.7. The van der Waals surface area contributed by atoms with Gasteiger partial charge in [0.25, 0.3) is 0 Å². The Bertz CT molecular complexity index is 741. The van der Waals surface area contributed by atoms with E-state index in [-0.39, 0.29) is 10.4 Å². The molecule has 0 unspecified atom stereocenters. The fraction of sp³-hybridized carbons (Fsp3) is 0.333. The summed E-state index contributed by atoms with van der Waals surface area (Å²) in [5.74, 6) is 0.715. The molecule has 1 N–H and O–H groups in total. The molecule has 1 aromatic heterocycles. The molecule has 0 amide bonds. The van der Waals surface area contributed by atoms with Crippen LogP contribution in [0.1, 0.15) is 25.1 Å².